The minimum Gasteiger partial charge on any atom is -0.377 e. The Hall–Kier alpha value is -3.05. The number of pyridine rings is 1. The van der Waals surface area contributed by atoms with E-state index in [-0.39, 0.29) is 11.9 Å². The summed E-state index contributed by atoms with van der Waals surface area (Å²) in [5.74, 6) is -0.287. The number of hydrogen-bond acceptors (Lipinski definition) is 4. The van der Waals surface area contributed by atoms with Crippen molar-refractivity contribution in [1.29, 1.82) is 0 Å². The van der Waals surface area contributed by atoms with Gasteiger partial charge in [-0.3, -0.25) is 4.98 Å². The Morgan fingerprint density at radius 1 is 1.00 bits per heavy atom. The second-order valence-electron chi connectivity index (χ2n) is 6.23. The van der Waals surface area contributed by atoms with E-state index in [1.807, 2.05) is 37.3 Å². The molecule has 27 heavy (non-hydrogen) atoms. The molecular formula is C21H16ClFN4. The Bertz CT molecular complexity index is 1100. The van der Waals surface area contributed by atoms with E-state index in [1.54, 1.807) is 24.7 Å². The van der Waals surface area contributed by atoms with E-state index in [1.165, 1.54) is 12.4 Å². The molecule has 1 atom stereocenters. The Kier molecular flexibility index (Phi) is 4.69. The normalized spacial score (nSPS) is 12.1. The maximum Gasteiger partial charge on any atom is 0.128 e. The van der Waals surface area contributed by atoms with Crippen LogP contribution in [0.25, 0.3) is 22.0 Å². The summed E-state index contributed by atoms with van der Waals surface area (Å²) in [7, 11) is 0. The molecule has 2 aromatic heterocycles. The zero-order valence-electron chi connectivity index (χ0n) is 14.5. The monoisotopic (exact) mass is 378 g/mol. The van der Waals surface area contributed by atoms with Crippen molar-refractivity contribution >= 4 is 28.2 Å². The maximum absolute atomic E-state index is 14.5. The lowest BCUT2D eigenvalue weighted by Crippen LogP contribution is -2.10. The van der Waals surface area contributed by atoms with Gasteiger partial charge in [-0.15, -0.1) is 0 Å². The summed E-state index contributed by atoms with van der Waals surface area (Å²) in [5.41, 5.74) is 3.79. The summed E-state index contributed by atoms with van der Waals surface area (Å²) in [5, 5.41) is 4.73. The summed E-state index contributed by atoms with van der Waals surface area (Å²) < 4.78 is 14.5. The molecule has 0 saturated heterocycles. The largest absolute Gasteiger partial charge is 0.377 e. The molecule has 1 N–H and O–H groups in total. The zero-order valence-corrected chi connectivity index (χ0v) is 15.3. The Balaban J connectivity index is 1.72. The predicted molar refractivity (Wildman–Crippen MR) is 106 cm³/mol. The lowest BCUT2D eigenvalue weighted by atomic mass is 10.0. The molecule has 0 spiro atoms. The van der Waals surface area contributed by atoms with Crippen LogP contribution >= 0.6 is 11.6 Å². The lowest BCUT2D eigenvalue weighted by molar-refractivity contribution is 0.600. The van der Waals surface area contributed by atoms with Crippen LogP contribution in [0.1, 0.15) is 18.5 Å². The SMILES string of the molecule is CC(Nc1c(Cl)cnc2ccccc12)c1cc(-c2cncnc2)ccc1F. The summed E-state index contributed by atoms with van der Waals surface area (Å²) in [4.78, 5) is 12.4. The molecule has 0 aliphatic heterocycles. The maximum atomic E-state index is 14.5. The van der Waals surface area contributed by atoms with Gasteiger partial charge >= 0.3 is 0 Å². The molecule has 0 aliphatic carbocycles. The quantitative estimate of drug-likeness (QED) is 0.498. The molecule has 4 nitrogen and oxygen atoms in total. The molecule has 134 valence electrons. The molecule has 4 rings (SSSR count). The van der Waals surface area contributed by atoms with Crippen LogP contribution in [-0.4, -0.2) is 15.0 Å². The van der Waals surface area contributed by atoms with E-state index in [0.29, 0.717) is 10.6 Å². The third-order valence-electron chi connectivity index (χ3n) is 4.45. The minimum atomic E-state index is -0.308. The van der Waals surface area contributed by atoms with Crippen molar-refractivity contribution in [2.75, 3.05) is 5.32 Å². The third-order valence-corrected chi connectivity index (χ3v) is 4.73. The average molecular weight is 379 g/mol. The van der Waals surface area contributed by atoms with E-state index in [2.05, 4.69) is 20.3 Å². The molecule has 0 amide bonds. The highest BCUT2D eigenvalue weighted by Gasteiger charge is 2.16. The molecule has 6 heteroatoms. The summed E-state index contributed by atoms with van der Waals surface area (Å²) in [6, 6.07) is 12.4. The fraction of sp³-hybridized carbons (Fsp3) is 0.0952. The van der Waals surface area contributed by atoms with Crippen LogP contribution in [0, 0.1) is 5.82 Å². The van der Waals surface area contributed by atoms with Crippen LogP contribution in [0.3, 0.4) is 0 Å². The van der Waals surface area contributed by atoms with Crippen molar-refractivity contribution in [3.63, 3.8) is 0 Å². The van der Waals surface area contributed by atoms with Gasteiger partial charge < -0.3 is 5.32 Å². The number of aromatic nitrogens is 3. The molecular weight excluding hydrogens is 363 g/mol. The molecule has 2 heterocycles. The fourth-order valence-corrected chi connectivity index (χ4v) is 3.27. The van der Waals surface area contributed by atoms with Gasteiger partial charge in [-0.2, -0.15) is 0 Å². The summed E-state index contributed by atoms with van der Waals surface area (Å²) in [6.07, 6.45) is 6.48. The minimum absolute atomic E-state index is 0.287. The number of benzene rings is 2. The molecule has 0 bridgehead atoms. The first-order valence-electron chi connectivity index (χ1n) is 8.48. The van der Waals surface area contributed by atoms with Gasteiger partial charge in [0.2, 0.25) is 0 Å². The lowest BCUT2D eigenvalue weighted by Gasteiger charge is -2.19. The molecule has 1 unspecified atom stereocenters. The van der Waals surface area contributed by atoms with Crippen LogP contribution in [0.15, 0.2) is 67.4 Å². The first-order chi connectivity index (χ1) is 13.1. The molecule has 0 radical (unpaired) electrons. The molecule has 4 aromatic rings. The van der Waals surface area contributed by atoms with Crippen molar-refractivity contribution < 1.29 is 4.39 Å². The topological polar surface area (TPSA) is 50.7 Å². The van der Waals surface area contributed by atoms with Crippen LogP contribution in [-0.2, 0) is 0 Å². The summed E-state index contributed by atoms with van der Waals surface area (Å²) >= 11 is 6.37. The predicted octanol–water partition coefficient (Wildman–Crippen LogP) is 5.66. The highest BCUT2D eigenvalue weighted by atomic mass is 35.5. The standard InChI is InChI=1S/C21H16ClFN4/c1-13(27-21-16-4-2-3-5-20(16)26-11-18(21)22)17-8-14(6-7-19(17)23)15-9-24-12-25-10-15/h2-13H,1H3,(H,26,27). The number of nitrogens with one attached hydrogen (secondary N) is 1. The Morgan fingerprint density at radius 3 is 2.59 bits per heavy atom. The summed E-state index contributed by atoms with van der Waals surface area (Å²) in [6.45, 7) is 1.90. The van der Waals surface area contributed by atoms with Gasteiger partial charge in [0.25, 0.3) is 0 Å². The van der Waals surface area contributed by atoms with Gasteiger partial charge in [-0.05, 0) is 30.7 Å². The van der Waals surface area contributed by atoms with Crippen molar-refractivity contribution in [2.24, 2.45) is 0 Å². The molecule has 2 aromatic carbocycles. The zero-order chi connectivity index (χ0) is 18.8. The van der Waals surface area contributed by atoms with Gasteiger partial charge in [0, 0.05) is 35.1 Å². The molecule has 0 aliphatic rings. The van der Waals surface area contributed by atoms with Crippen LogP contribution < -0.4 is 5.32 Å². The second-order valence-corrected chi connectivity index (χ2v) is 6.63. The number of anilines is 1. The number of fused-ring (bicyclic) bond motifs is 1. The first-order valence-corrected chi connectivity index (χ1v) is 8.86. The Labute approximate surface area is 161 Å². The second kappa shape index (κ2) is 7.29. The van der Waals surface area contributed by atoms with Gasteiger partial charge in [0.05, 0.1) is 22.3 Å². The van der Waals surface area contributed by atoms with Crippen molar-refractivity contribution in [1.82, 2.24) is 15.0 Å². The van der Waals surface area contributed by atoms with Crippen molar-refractivity contribution in [2.45, 2.75) is 13.0 Å². The van der Waals surface area contributed by atoms with Crippen LogP contribution in [0.5, 0.6) is 0 Å². The Morgan fingerprint density at radius 2 is 1.78 bits per heavy atom. The fourth-order valence-electron chi connectivity index (χ4n) is 3.06. The van der Waals surface area contributed by atoms with E-state index < -0.39 is 0 Å². The van der Waals surface area contributed by atoms with E-state index in [0.717, 1.165) is 27.7 Å². The van der Waals surface area contributed by atoms with E-state index in [9.17, 15) is 4.39 Å². The van der Waals surface area contributed by atoms with Crippen molar-refractivity contribution in [3.05, 3.63) is 83.8 Å². The third kappa shape index (κ3) is 3.46. The number of nitrogens with zero attached hydrogens (tertiary/aromatic N) is 3. The highest BCUT2D eigenvalue weighted by Crippen LogP contribution is 2.34. The molecule has 0 fully saturated rings. The van der Waals surface area contributed by atoms with Crippen molar-refractivity contribution in [3.8, 4) is 11.1 Å². The number of para-hydroxylation sites is 1. The van der Waals surface area contributed by atoms with Gasteiger partial charge in [0.15, 0.2) is 0 Å². The average Bonchev–Trinajstić information content (AvgIpc) is 2.71. The number of halogens is 2. The van der Waals surface area contributed by atoms with Crippen LogP contribution in [0.2, 0.25) is 5.02 Å². The van der Waals surface area contributed by atoms with Gasteiger partial charge in [0.1, 0.15) is 12.1 Å². The van der Waals surface area contributed by atoms with Crippen LogP contribution in [0.4, 0.5) is 10.1 Å². The van der Waals surface area contributed by atoms with E-state index in [4.69, 9.17) is 11.6 Å². The molecule has 0 saturated carbocycles. The van der Waals surface area contributed by atoms with Gasteiger partial charge in [-0.25, -0.2) is 14.4 Å². The van der Waals surface area contributed by atoms with E-state index >= 15 is 0 Å². The number of hydrogen-bond donors (Lipinski definition) is 1. The number of rotatable bonds is 4. The van der Waals surface area contributed by atoms with Gasteiger partial charge in [-0.1, -0.05) is 35.9 Å². The first kappa shape index (κ1) is 17.4. The highest BCUT2D eigenvalue weighted by molar-refractivity contribution is 6.34. The smallest absolute Gasteiger partial charge is 0.128 e.